The van der Waals surface area contributed by atoms with Crippen molar-refractivity contribution in [3.63, 3.8) is 0 Å². The molecule has 0 bridgehead atoms. The van der Waals surface area contributed by atoms with E-state index in [1.807, 2.05) is 11.4 Å². The second-order valence-corrected chi connectivity index (χ2v) is 14.6. The standard InChI is InChI=1S/C29H45OPS/c1-9-10-11-12-13-17-20-32-31(24-18-15-14-16-19-24)30-27-25(28(3,4)5)21-23(2)22-26(27)29(6,7)8/h14-16,18-19,21-22H,9-13,17,20H2,1-8H3. The number of hydrogen-bond acceptors (Lipinski definition) is 2. The Balaban J connectivity index is 2.32. The Bertz CT molecular complexity index is 782. The molecule has 3 heteroatoms. The van der Waals surface area contributed by atoms with E-state index in [-0.39, 0.29) is 10.8 Å². The van der Waals surface area contributed by atoms with E-state index in [1.165, 1.54) is 60.5 Å². The molecule has 0 N–H and O–H groups in total. The summed E-state index contributed by atoms with van der Waals surface area (Å²) in [5.41, 5.74) is 4.03. The lowest BCUT2D eigenvalue weighted by Crippen LogP contribution is -2.20. The van der Waals surface area contributed by atoms with Gasteiger partial charge < -0.3 is 4.52 Å². The maximum absolute atomic E-state index is 7.04. The van der Waals surface area contributed by atoms with E-state index in [0.717, 1.165) is 11.5 Å². The second kappa shape index (κ2) is 12.5. The quantitative estimate of drug-likeness (QED) is 0.238. The SMILES string of the molecule is CCCCCCCCSP(Oc1c(C(C)(C)C)cc(C)cc1C(C)(C)C)c1ccccc1. The summed E-state index contributed by atoms with van der Waals surface area (Å²) in [6, 6.07) is 15.5. The first-order chi connectivity index (χ1) is 15.0. The van der Waals surface area contributed by atoms with Crippen LogP contribution in [0.25, 0.3) is 0 Å². The Kier molecular flexibility index (Phi) is 10.6. The van der Waals surface area contributed by atoms with Crippen LogP contribution in [0.3, 0.4) is 0 Å². The van der Waals surface area contributed by atoms with Gasteiger partial charge in [-0.1, -0.05) is 140 Å². The normalized spacial score (nSPS) is 13.2. The van der Waals surface area contributed by atoms with Crippen LogP contribution in [-0.4, -0.2) is 5.75 Å². The highest BCUT2D eigenvalue weighted by Gasteiger charge is 2.29. The number of rotatable bonds is 11. The zero-order valence-electron chi connectivity index (χ0n) is 21.8. The fraction of sp³-hybridized carbons (Fsp3) is 0.586. The third-order valence-electron chi connectivity index (χ3n) is 5.70. The average Bonchev–Trinajstić information content (AvgIpc) is 2.72. The van der Waals surface area contributed by atoms with Crippen LogP contribution in [0.2, 0.25) is 0 Å². The first kappa shape index (κ1) is 27.3. The molecule has 1 unspecified atom stereocenters. The molecule has 2 aromatic rings. The molecule has 1 atom stereocenters. The third kappa shape index (κ3) is 8.42. The van der Waals surface area contributed by atoms with E-state index in [9.17, 15) is 0 Å². The molecular formula is C29H45OPS. The van der Waals surface area contributed by atoms with Crippen molar-refractivity contribution < 1.29 is 4.52 Å². The van der Waals surface area contributed by atoms with Crippen molar-refractivity contribution >= 4 is 24.0 Å². The minimum Gasteiger partial charge on any atom is -0.458 e. The zero-order valence-corrected chi connectivity index (χ0v) is 23.5. The molecule has 0 radical (unpaired) electrons. The Hall–Kier alpha value is -0.980. The van der Waals surface area contributed by atoms with Crippen LogP contribution in [0, 0.1) is 6.92 Å². The van der Waals surface area contributed by atoms with Crippen LogP contribution >= 0.6 is 18.7 Å². The van der Waals surface area contributed by atoms with E-state index in [2.05, 4.69) is 97.9 Å². The zero-order chi connectivity index (χ0) is 23.8. The number of aryl methyl sites for hydroxylation is 1. The summed E-state index contributed by atoms with van der Waals surface area (Å²) in [5, 5.41) is 1.32. The fourth-order valence-electron chi connectivity index (χ4n) is 3.80. The molecule has 0 aliphatic rings. The molecule has 0 aromatic heterocycles. The summed E-state index contributed by atoms with van der Waals surface area (Å²) in [4.78, 5) is 0. The largest absolute Gasteiger partial charge is 0.458 e. The van der Waals surface area contributed by atoms with Gasteiger partial charge in [-0.25, -0.2) is 0 Å². The predicted octanol–water partition coefficient (Wildman–Crippen LogP) is 9.70. The van der Waals surface area contributed by atoms with Gasteiger partial charge in [0, 0.05) is 22.2 Å². The highest BCUT2D eigenvalue weighted by Crippen LogP contribution is 2.54. The summed E-state index contributed by atoms with van der Waals surface area (Å²) >= 11 is 2.02. The first-order valence-electron chi connectivity index (χ1n) is 12.4. The van der Waals surface area contributed by atoms with Crippen LogP contribution in [0.5, 0.6) is 5.75 Å². The van der Waals surface area contributed by atoms with Crippen LogP contribution in [0.15, 0.2) is 42.5 Å². The van der Waals surface area contributed by atoms with Crippen molar-refractivity contribution in [2.24, 2.45) is 0 Å². The third-order valence-corrected chi connectivity index (χ3v) is 9.58. The Morgan fingerprint density at radius 1 is 0.781 bits per heavy atom. The van der Waals surface area contributed by atoms with Crippen molar-refractivity contribution in [2.75, 3.05) is 5.75 Å². The number of unbranched alkanes of at least 4 members (excludes halogenated alkanes) is 5. The summed E-state index contributed by atoms with van der Waals surface area (Å²) in [6.07, 6.45) is 8.01. The van der Waals surface area contributed by atoms with E-state index >= 15 is 0 Å². The molecule has 32 heavy (non-hydrogen) atoms. The molecule has 2 aromatic carbocycles. The van der Waals surface area contributed by atoms with Gasteiger partial charge in [0.2, 0.25) is 0 Å². The molecule has 0 aliphatic heterocycles. The molecule has 2 rings (SSSR count). The summed E-state index contributed by atoms with van der Waals surface area (Å²) in [6.45, 7) is 18.3. The number of benzene rings is 2. The Morgan fingerprint density at radius 3 is 1.84 bits per heavy atom. The maximum atomic E-state index is 7.04. The maximum Gasteiger partial charge on any atom is 0.179 e. The van der Waals surface area contributed by atoms with Gasteiger partial charge in [-0.05, 0) is 24.2 Å². The molecule has 0 fully saturated rings. The fourth-order valence-corrected chi connectivity index (χ4v) is 7.46. The molecule has 0 amide bonds. The number of hydrogen-bond donors (Lipinski definition) is 0. The average molecular weight is 473 g/mol. The second-order valence-electron chi connectivity index (χ2n) is 11.0. The lowest BCUT2D eigenvalue weighted by Gasteiger charge is -2.32. The molecule has 0 saturated carbocycles. The molecule has 178 valence electrons. The Labute approximate surface area is 203 Å². The van der Waals surface area contributed by atoms with Crippen molar-refractivity contribution in [1.29, 1.82) is 0 Å². The van der Waals surface area contributed by atoms with Gasteiger partial charge in [-0.3, -0.25) is 0 Å². The van der Waals surface area contributed by atoms with Crippen LogP contribution in [0.1, 0.15) is 104 Å². The molecular weight excluding hydrogens is 427 g/mol. The topological polar surface area (TPSA) is 9.23 Å². The van der Waals surface area contributed by atoms with Crippen molar-refractivity contribution in [3.8, 4) is 5.75 Å². The predicted molar refractivity (Wildman–Crippen MR) is 148 cm³/mol. The highest BCUT2D eigenvalue weighted by molar-refractivity contribution is 8.56. The highest BCUT2D eigenvalue weighted by atomic mass is 32.7. The summed E-state index contributed by atoms with van der Waals surface area (Å²) in [5.74, 6) is 2.27. The van der Waals surface area contributed by atoms with Crippen LogP contribution in [-0.2, 0) is 10.8 Å². The van der Waals surface area contributed by atoms with Crippen molar-refractivity contribution in [3.05, 3.63) is 59.2 Å². The molecule has 0 aliphatic carbocycles. The van der Waals surface area contributed by atoms with Gasteiger partial charge in [0.15, 0.2) is 7.35 Å². The summed E-state index contributed by atoms with van der Waals surface area (Å²) in [7, 11) is -0.779. The molecule has 0 saturated heterocycles. The Morgan fingerprint density at radius 2 is 1.31 bits per heavy atom. The molecule has 1 nitrogen and oxygen atoms in total. The van der Waals surface area contributed by atoms with E-state index in [0.29, 0.717) is 0 Å². The van der Waals surface area contributed by atoms with Gasteiger partial charge in [0.1, 0.15) is 5.75 Å². The lowest BCUT2D eigenvalue weighted by atomic mass is 9.78. The van der Waals surface area contributed by atoms with E-state index in [1.54, 1.807) is 0 Å². The van der Waals surface area contributed by atoms with Crippen molar-refractivity contribution in [2.45, 2.75) is 105 Å². The van der Waals surface area contributed by atoms with Gasteiger partial charge in [-0.2, -0.15) is 0 Å². The van der Waals surface area contributed by atoms with E-state index < -0.39 is 7.35 Å². The molecule has 0 heterocycles. The van der Waals surface area contributed by atoms with Crippen LogP contribution in [0.4, 0.5) is 0 Å². The van der Waals surface area contributed by atoms with Crippen molar-refractivity contribution in [1.82, 2.24) is 0 Å². The smallest absolute Gasteiger partial charge is 0.179 e. The van der Waals surface area contributed by atoms with Gasteiger partial charge in [-0.15, -0.1) is 0 Å². The van der Waals surface area contributed by atoms with Crippen LogP contribution < -0.4 is 9.83 Å². The van der Waals surface area contributed by atoms with Gasteiger partial charge in [0.25, 0.3) is 0 Å². The molecule has 0 spiro atoms. The summed E-state index contributed by atoms with van der Waals surface area (Å²) < 4.78 is 7.04. The lowest BCUT2D eigenvalue weighted by molar-refractivity contribution is 0.506. The van der Waals surface area contributed by atoms with Gasteiger partial charge >= 0.3 is 0 Å². The minimum atomic E-state index is -0.779. The first-order valence-corrected chi connectivity index (χ1v) is 15.2. The minimum absolute atomic E-state index is 0.0307. The van der Waals surface area contributed by atoms with E-state index in [4.69, 9.17) is 4.52 Å². The van der Waals surface area contributed by atoms with Gasteiger partial charge in [0.05, 0.1) is 0 Å². The monoisotopic (exact) mass is 472 g/mol.